The van der Waals surface area contributed by atoms with Gasteiger partial charge in [-0.2, -0.15) is 0 Å². The lowest BCUT2D eigenvalue weighted by molar-refractivity contribution is -0.384. The molecule has 0 atom stereocenters. The standard InChI is InChI=1S/C11H15ClN2O2/c1-11(2,3)13-7-8-6-9(14(15)16)4-5-10(8)12/h4-6,13H,7H2,1-3H3. The number of nitrogens with zero attached hydrogens (tertiary/aromatic N) is 1. The van der Waals surface area contributed by atoms with Crippen molar-refractivity contribution in [2.75, 3.05) is 0 Å². The van der Waals surface area contributed by atoms with Crippen LogP contribution in [0.1, 0.15) is 26.3 Å². The number of nitrogens with one attached hydrogen (secondary N) is 1. The summed E-state index contributed by atoms with van der Waals surface area (Å²) in [6.07, 6.45) is 0. The van der Waals surface area contributed by atoms with E-state index in [1.165, 1.54) is 12.1 Å². The van der Waals surface area contributed by atoms with Crippen LogP contribution in [0.3, 0.4) is 0 Å². The Morgan fingerprint density at radius 1 is 1.44 bits per heavy atom. The van der Waals surface area contributed by atoms with Gasteiger partial charge in [0.25, 0.3) is 5.69 Å². The molecule has 0 aliphatic carbocycles. The highest BCUT2D eigenvalue weighted by Gasteiger charge is 2.13. The van der Waals surface area contributed by atoms with E-state index >= 15 is 0 Å². The van der Waals surface area contributed by atoms with Gasteiger partial charge in [-0.15, -0.1) is 0 Å². The van der Waals surface area contributed by atoms with Gasteiger partial charge in [0.1, 0.15) is 0 Å². The van der Waals surface area contributed by atoms with Gasteiger partial charge in [-0.1, -0.05) is 11.6 Å². The molecule has 1 rings (SSSR count). The third kappa shape index (κ3) is 3.79. The molecule has 1 aromatic rings. The van der Waals surface area contributed by atoms with Gasteiger partial charge in [0.15, 0.2) is 0 Å². The van der Waals surface area contributed by atoms with E-state index in [1.807, 2.05) is 20.8 Å². The fourth-order valence-electron chi connectivity index (χ4n) is 1.17. The van der Waals surface area contributed by atoms with Crippen molar-refractivity contribution in [2.45, 2.75) is 32.9 Å². The van der Waals surface area contributed by atoms with Crippen LogP contribution in [0.25, 0.3) is 0 Å². The molecular formula is C11H15ClN2O2. The molecule has 4 nitrogen and oxygen atoms in total. The van der Waals surface area contributed by atoms with Crippen LogP contribution in [0.15, 0.2) is 18.2 Å². The third-order valence-corrected chi connectivity index (χ3v) is 2.42. The Morgan fingerprint density at radius 3 is 2.56 bits per heavy atom. The van der Waals surface area contributed by atoms with Gasteiger partial charge in [0.05, 0.1) is 4.92 Å². The Labute approximate surface area is 99.8 Å². The van der Waals surface area contributed by atoms with Crippen LogP contribution in [-0.4, -0.2) is 10.5 Å². The van der Waals surface area contributed by atoms with Gasteiger partial charge in [-0.05, 0) is 32.4 Å². The van der Waals surface area contributed by atoms with Crippen molar-refractivity contribution < 1.29 is 4.92 Å². The summed E-state index contributed by atoms with van der Waals surface area (Å²) < 4.78 is 0. The highest BCUT2D eigenvalue weighted by molar-refractivity contribution is 6.31. The minimum absolute atomic E-state index is 0.0477. The first-order chi connectivity index (χ1) is 7.29. The Kier molecular flexibility index (Phi) is 3.88. The number of nitro groups is 1. The smallest absolute Gasteiger partial charge is 0.269 e. The summed E-state index contributed by atoms with van der Waals surface area (Å²) in [6.45, 7) is 6.60. The summed E-state index contributed by atoms with van der Waals surface area (Å²) in [5.74, 6) is 0. The first kappa shape index (κ1) is 12.9. The van der Waals surface area contributed by atoms with Crippen molar-refractivity contribution in [1.29, 1.82) is 0 Å². The molecule has 1 N–H and O–H groups in total. The number of hydrogen-bond donors (Lipinski definition) is 1. The summed E-state index contributed by atoms with van der Waals surface area (Å²) in [5, 5.41) is 14.4. The monoisotopic (exact) mass is 242 g/mol. The molecule has 0 heterocycles. The van der Waals surface area contributed by atoms with Crippen LogP contribution in [0.2, 0.25) is 5.02 Å². The van der Waals surface area contributed by atoms with E-state index in [4.69, 9.17) is 11.6 Å². The van der Waals surface area contributed by atoms with Gasteiger partial charge in [0, 0.05) is 29.2 Å². The molecule has 88 valence electrons. The SMILES string of the molecule is CC(C)(C)NCc1cc([N+](=O)[O-])ccc1Cl. The topological polar surface area (TPSA) is 55.2 Å². The summed E-state index contributed by atoms with van der Waals surface area (Å²) in [7, 11) is 0. The fraction of sp³-hybridized carbons (Fsp3) is 0.455. The molecule has 16 heavy (non-hydrogen) atoms. The quantitative estimate of drug-likeness (QED) is 0.654. The molecule has 0 radical (unpaired) electrons. The molecule has 0 aliphatic heterocycles. The average molecular weight is 243 g/mol. The van der Waals surface area contributed by atoms with Crippen LogP contribution in [0, 0.1) is 10.1 Å². The van der Waals surface area contributed by atoms with Gasteiger partial charge in [0.2, 0.25) is 0 Å². The molecule has 0 aliphatic rings. The minimum atomic E-state index is -0.420. The van der Waals surface area contributed by atoms with E-state index in [9.17, 15) is 10.1 Å². The molecule has 0 aromatic heterocycles. The van der Waals surface area contributed by atoms with Crippen molar-refractivity contribution in [3.05, 3.63) is 38.9 Å². The molecular weight excluding hydrogens is 228 g/mol. The molecule has 0 saturated heterocycles. The maximum Gasteiger partial charge on any atom is 0.269 e. The summed E-state index contributed by atoms with van der Waals surface area (Å²) in [6, 6.07) is 4.46. The predicted octanol–water partition coefficient (Wildman–Crippen LogP) is 3.14. The van der Waals surface area contributed by atoms with Crippen LogP contribution in [0.5, 0.6) is 0 Å². The second-order valence-electron chi connectivity index (χ2n) is 4.64. The zero-order chi connectivity index (χ0) is 12.3. The van der Waals surface area contributed by atoms with Gasteiger partial charge < -0.3 is 5.32 Å². The third-order valence-electron chi connectivity index (χ3n) is 2.05. The summed E-state index contributed by atoms with van der Waals surface area (Å²) in [5.41, 5.74) is 0.759. The Bertz CT molecular complexity index is 399. The second kappa shape index (κ2) is 4.80. The lowest BCUT2D eigenvalue weighted by Crippen LogP contribution is -2.35. The number of rotatable bonds is 3. The molecule has 5 heteroatoms. The van der Waals surface area contributed by atoms with E-state index in [0.29, 0.717) is 11.6 Å². The molecule has 0 fully saturated rings. The number of halogens is 1. The van der Waals surface area contributed by atoms with E-state index in [2.05, 4.69) is 5.32 Å². The number of hydrogen-bond acceptors (Lipinski definition) is 3. The Morgan fingerprint density at radius 2 is 2.06 bits per heavy atom. The van der Waals surface area contributed by atoms with Crippen molar-refractivity contribution >= 4 is 17.3 Å². The maximum atomic E-state index is 10.6. The van der Waals surface area contributed by atoms with Crippen LogP contribution in [0.4, 0.5) is 5.69 Å². The molecule has 0 spiro atoms. The van der Waals surface area contributed by atoms with Crippen molar-refractivity contribution in [2.24, 2.45) is 0 Å². The lowest BCUT2D eigenvalue weighted by atomic mass is 10.1. The van der Waals surface area contributed by atoms with Crippen molar-refractivity contribution in [3.8, 4) is 0 Å². The van der Waals surface area contributed by atoms with E-state index in [-0.39, 0.29) is 11.2 Å². The van der Waals surface area contributed by atoms with Crippen LogP contribution >= 0.6 is 11.6 Å². The second-order valence-corrected chi connectivity index (χ2v) is 5.04. The normalized spacial score (nSPS) is 11.5. The van der Waals surface area contributed by atoms with Crippen molar-refractivity contribution in [3.63, 3.8) is 0 Å². The van der Waals surface area contributed by atoms with Crippen molar-refractivity contribution in [1.82, 2.24) is 5.32 Å². The molecule has 0 unspecified atom stereocenters. The average Bonchev–Trinajstić information content (AvgIpc) is 2.14. The number of benzene rings is 1. The predicted molar refractivity (Wildman–Crippen MR) is 64.7 cm³/mol. The first-order valence-electron chi connectivity index (χ1n) is 4.97. The highest BCUT2D eigenvalue weighted by atomic mass is 35.5. The Hall–Kier alpha value is -1.13. The first-order valence-corrected chi connectivity index (χ1v) is 5.35. The largest absolute Gasteiger partial charge is 0.308 e. The highest BCUT2D eigenvalue weighted by Crippen LogP contribution is 2.22. The summed E-state index contributed by atoms with van der Waals surface area (Å²) >= 11 is 5.97. The summed E-state index contributed by atoms with van der Waals surface area (Å²) in [4.78, 5) is 10.2. The van der Waals surface area contributed by atoms with Crippen LogP contribution in [-0.2, 0) is 6.54 Å². The van der Waals surface area contributed by atoms with E-state index in [1.54, 1.807) is 6.07 Å². The number of nitro benzene ring substituents is 1. The molecule has 0 bridgehead atoms. The van der Waals surface area contributed by atoms with Gasteiger partial charge in [-0.25, -0.2) is 0 Å². The minimum Gasteiger partial charge on any atom is -0.308 e. The zero-order valence-electron chi connectivity index (χ0n) is 9.58. The molecule has 0 amide bonds. The maximum absolute atomic E-state index is 10.6. The van der Waals surface area contributed by atoms with Gasteiger partial charge in [-0.3, -0.25) is 10.1 Å². The molecule has 0 saturated carbocycles. The van der Waals surface area contributed by atoms with Crippen LogP contribution < -0.4 is 5.32 Å². The molecule has 1 aromatic carbocycles. The van der Waals surface area contributed by atoms with E-state index < -0.39 is 4.92 Å². The van der Waals surface area contributed by atoms with Gasteiger partial charge >= 0.3 is 0 Å². The number of non-ortho nitro benzene ring substituents is 1. The Balaban J connectivity index is 2.86. The van der Waals surface area contributed by atoms with E-state index in [0.717, 1.165) is 5.56 Å². The lowest BCUT2D eigenvalue weighted by Gasteiger charge is -2.20. The zero-order valence-corrected chi connectivity index (χ0v) is 10.3. The fourth-order valence-corrected chi connectivity index (χ4v) is 1.35.